The lowest BCUT2D eigenvalue weighted by Gasteiger charge is -2.46. The molecule has 5 nitrogen and oxygen atoms in total. The summed E-state index contributed by atoms with van der Waals surface area (Å²) in [6, 6.07) is 4.80. The largest absolute Gasteiger partial charge is 0.362 e. The predicted octanol–water partition coefficient (Wildman–Crippen LogP) is 2.22. The molecule has 1 saturated heterocycles. The number of ether oxygens (including phenoxy) is 1. The molecule has 126 valence electrons. The number of pyridine rings is 1. The van der Waals surface area contributed by atoms with Gasteiger partial charge in [-0.2, -0.15) is 4.39 Å². The molecule has 0 N–H and O–H groups in total. The summed E-state index contributed by atoms with van der Waals surface area (Å²) in [5.74, 6) is 0.276. The SMILES string of the molecule is CC(C)OC1(C(=O)N2CCN(c3cccc(F)n3)CC2)CCC1. The zero-order valence-electron chi connectivity index (χ0n) is 13.8. The van der Waals surface area contributed by atoms with Crippen LogP contribution >= 0.6 is 0 Å². The molecule has 2 aliphatic rings. The van der Waals surface area contributed by atoms with Gasteiger partial charge >= 0.3 is 0 Å². The molecule has 0 aromatic carbocycles. The summed E-state index contributed by atoms with van der Waals surface area (Å²) in [6.07, 6.45) is 2.73. The number of hydrogen-bond donors (Lipinski definition) is 0. The lowest BCUT2D eigenvalue weighted by atomic mass is 9.78. The van der Waals surface area contributed by atoms with E-state index in [1.165, 1.54) is 6.07 Å². The number of nitrogens with zero attached hydrogens (tertiary/aromatic N) is 3. The predicted molar refractivity (Wildman–Crippen MR) is 85.8 cm³/mol. The Bertz CT molecular complexity index is 567. The highest BCUT2D eigenvalue weighted by atomic mass is 19.1. The summed E-state index contributed by atoms with van der Waals surface area (Å²) in [6.45, 7) is 6.53. The van der Waals surface area contributed by atoms with E-state index in [2.05, 4.69) is 4.98 Å². The van der Waals surface area contributed by atoms with Crippen molar-refractivity contribution in [2.24, 2.45) is 0 Å². The van der Waals surface area contributed by atoms with Crippen LogP contribution in [0.25, 0.3) is 0 Å². The van der Waals surface area contributed by atoms with Crippen molar-refractivity contribution in [1.82, 2.24) is 9.88 Å². The quantitative estimate of drug-likeness (QED) is 0.798. The molecule has 0 spiro atoms. The average Bonchev–Trinajstić information content (AvgIpc) is 2.50. The molecule has 2 fully saturated rings. The van der Waals surface area contributed by atoms with Gasteiger partial charge in [-0.05, 0) is 45.2 Å². The van der Waals surface area contributed by atoms with Crippen LogP contribution in [0.2, 0.25) is 0 Å². The van der Waals surface area contributed by atoms with Crippen molar-refractivity contribution < 1.29 is 13.9 Å². The van der Waals surface area contributed by atoms with Crippen LogP contribution in [0.15, 0.2) is 18.2 Å². The first-order chi connectivity index (χ1) is 11.0. The maximum atomic E-state index is 13.2. The number of rotatable bonds is 4. The van der Waals surface area contributed by atoms with E-state index in [0.29, 0.717) is 32.0 Å². The topological polar surface area (TPSA) is 45.7 Å². The Labute approximate surface area is 136 Å². The lowest BCUT2D eigenvalue weighted by molar-refractivity contribution is -0.179. The van der Waals surface area contributed by atoms with Gasteiger partial charge in [0.25, 0.3) is 5.91 Å². The van der Waals surface area contributed by atoms with Crippen LogP contribution in [0.4, 0.5) is 10.2 Å². The van der Waals surface area contributed by atoms with E-state index in [1.54, 1.807) is 12.1 Å². The first-order valence-electron chi connectivity index (χ1n) is 8.35. The third-order valence-electron chi connectivity index (χ3n) is 4.60. The average molecular weight is 321 g/mol. The molecule has 2 heterocycles. The molecule has 1 aliphatic carbocycles. The maximum absolute atomic E-state index is 13.2. The normalized spacial score (nSPS) is 20.5. The fourth-order valence-corrected chi connectivity index (χ4v) is 3.33. The molecule has 1 aromatic heterocycles. The highest BCUT2D eigenvalue weighted by Gasteiger charge is 2.48. The molecule has 1 amide bonds. The van der Waals surface area contributed by atoms with E-state index in [-0.39, 0.29) is 12.0 Å². The Morgan fingerprint density at radius 3 is 2.48 bits per heavy atom. The molecule has 3 rings (SSSR count). The Kier molecular flexibility index (Phi) is 4.53. The molecular formula is C17H24FN3O2. The van der Waals surface area contributed by atoms with Gasteiger partial charge in [-0.3, -0.25) is 4.79 Å². The fourth-order valence-electron chi connectivity index (χ4n) is 3.33. The number of carbonyl (C=O) groups excluding carboxylic acids is 1. The number of hydrogen-bond acceptors (Lipinski definition) is 4. The molecule has 0 radical (unpaired) electrons. The van der Waals surface area contributed by atoms with Crippen LogP contribution in [-0.4, -0.2) is 53.7 Å². The molecule has 1 saturated carbocycles. The van der Waals surface area contributed by atoms with Gasteiger partial charge in [-0.1, -0.05) is 6.07 Å². The van der Waals surface area contributed by atoms with Gasteiger partial charge in [-0.15, -0.1) is 0 Å². The number of carbonyl (C=O) groups is 1. The highest BCUT2D eigenvalue weighted by molar-refractivity contribution is 5.86. The molecule has 23 heavy (non-hydrogen) atoms. The lowest BCUT2D eigenvalue weighted by Crippen LogP contribution is -2.60. The van der Waals surface area contributed by atoms with Gasteiger partial charge in [0.2, 0.25) is 5.95 Å². The first kappa shape index (κ1) is 16.2. The van der Waals surface area contributed by atoms with Gasteiger partial charge in [0.05, 0.1) is 6.10 Å². The summed E-state index contributed by atoms with van der Waals surface area (Å²) in [7, 11) is 0. The molecule has 0 bridgehead atoms. The van der Waals surface area contributed by atoms with Crippen LogP contribution in [0.3, 0.4) is 0 Å². The smallest absolute Gasteiger partial charge is 0.254 e. The van der Waals surface area contributed by atoms with E-state index in [4.69, 9.17) is 4.74 Å². The minimum Gasteiger partial charge on any atom is -0.362 e. The minimum absolute atomic E-state index is 0.0528. The number of halogens is 1. The molecule has 0 atom stereocenters. The molecular weight excluding hydrogens is 297 g/mol. The first-order valence-corrected chi connectivity index (χ1v) is 8.35. The van der Waals surface area contributed by atoms with Gasteiger partial charge in [0.15, 0.2) is 0 Å². The van der Waals surface area contributed by atoms with Crippen molar-refractivity contribution in [2.45, 2.75) is 44.8 Å². The van der Waals surface area contributed by atoms with Crippen molar-refractivity contribution in [1.29, 1.82) is 0 Å². The van der Waals surface area contributed by atoms with Crippen LogP contribution in [0.5, 0.6) is 0 Å². The molecule has 0 unspecified atom stereocenters. The zero-order chi connectivity index (χ0) is 16.4. The van der Waals surface area contributed by atoms with Crippen LogP contribution in [-0.2, 0) is 9.53 Å². The Morgan fingerprint density at radius 1 is 1.26 bits per heavy atom. The fraction of sp³-hybridized carbons (Fsp3) is 0.647. The standard InChI is InChI=1S/C17H24FN3O2/c1-13(2)23-17(7-4-8-17)16(22)21-11-9-20(10-12-21)15-6-3-5-14(18)19-15/h3,5-6,13H,4,7-12H2,1-2H3. The molecule has 1 aromatic rings. The third kappa shape index (κ3) is 3.32. The Hall–Kier alpha value is -1.69. The van der Waals surface area contributed by atoms with Gasteiger partial charge in [-0.25, -0.2) is 4.98 Å². The number of amides is 1. The van der Waals surface area contributed by atoms with Gasteiger partial charge < -0.3 is 14.5 Å². The van der Waals surface area contributed by atoms with Crippen LogP contribution in [0.1, 0.15) is 33.1 Å². The molecule has 6 heteroatoms. The monoisotopic (exact) mass is 321 g/mol. The number of anilines is 1. The number of aromatic nitrogens is 1. The van der Waals surface area contributed by atoms with Crippen molar-refractivity contribution in [3.05, 3.63) is 24.1 Å². The van der Waals surface area contributed by atoms with E-state index in [1.807, 2.05) is 23.6 Å². The second-order valence-corrected chi connectivity index (χ2v) is 6.61. The van der Waals surface area contributed by atoms with Crippen molar-refractivity contribution in [2.75, 3.05) is 31.1 Å². The zero-order valence-corrected chi connectivity index (χ0v) is 13.8. The maximum Gasteiger partial charge on any atom is 0.254 e. The van der Waals surface area contributed by atoms with Crippen molar-refractivity contribution >= 4 is 11.7 Å². The number of piperazine rings is 1. The summed E-state index contributed by atoms with van der Waals surface area (Å²) in [4.78, 5) is 20.7. The summed E-state index contributed by atoms with van der Waals surface area (Å²) >= 11 is 0. The summed E-state index contributed by atoms with van der Waals surface area (Å²) in [5.41, 5.74) is -0.604. The van der Waals surface area contributed by atoms with E-state index in [9.17, 15) is 9.18 Å². The third-order valence-corrected chi connectivity index (χ3v) is 4.60. The van der Waals surface area contributed by atoms with Crippen molar-refractivity contribution in [3.8, 4) is 0 Å². The van der Waals surface area contributed by atoms with Gasteiger partial charge in [0, 0.05) is 26.2 Å². The second kappa shape index (κ2) is 6.43. The second-order valence-electron chi connectivity index (χ2n) is 6.61. The minimum atomic E-state index is -0.604. The Morgan fingerprint density at radius 2 is 1.96 bits per heavy atom. The molecule has 1 aliphatic heterocycles. The van der Waals surface area contributed by atoms with E-state index >= 15 is 0 Å². The van der Waals surface area contributed by atoms with Crippen LogP contribution < -0.4 is 4.90 Å². The van der Waals surface area contributed by atoms with Crippen molar-refractivity contribution in [3.63, 3.8) is 0 Å². The van der Waals surface area contributed by atoms with E-state index in [0.717, 1.165) is 19.3 Å². The van der Waals surface area contributed by atoms with Crippen LogP contribution in [0, 0.1) is 5.95 Å². The summed E-state index contributed by atoms with van der Waals surface area (Å²) < 4.78 is 19.2. The van der Waals surface area contributed by atoms with Gasteiger partial charge in [0.1, 0.15) is 11.4 Å². The Balaban J connectivity index is 1.61. The highest BCUT2D eigenvalue weighted by Crippen LogP contribution is 2.38. The van der Waals surface area contributed by atoms with E-state index < -0.39 is 11.5 Å². The summed E-state index contributed by atoms with van der Waals surface area (Å²) in [5, 5.41) is 0.